The van der Waals surface area contributed by atoms with Gasteiger partial charge in [-0.1, -0.05) is 18.7 Å². The molecule has 0 amide bonds. The van der Waals surface area contributed by atoms with Crippen LogP contribution in [0.25, 0.3) is 10.9 Å². The van der Waals surface area contributed by atoms with Crippen molar-refractivity contribution >= 4 is 16.9 Å². The Kier molecular flexibility index (Phi) is 4.35. The molecular weight excluding hydrogens is 288 g/mol. The van der Waals surface area contributed by atoms with Crippen molar-refractivity contribution in [1.82, 2.24) is 9.47 Å². The molecule has 120 valence electrons. The highest BCUT2D eigenvalue weighted by atomic mass is 16.5. The lowest BCUT2D eigenvalue weighted by molar-refractivity contribution is 0.0550. The quantitative estimate of drug-likeness (QED) is 0.628. The van der Waals surface area contributed by atoms with Crippen LogP contribution < -0.4 is 0 Å². The number of aromatic nitrogens is 1. The minimum absolute atomic E-state index is 0.231. The van der Waals surface area contributed by atoms with Crippen molar-refractivity contribution in [2.45, 2.75) is 19.5 Å². The SMILES string of the molecule is C=CCOC(=O)c1ccc2c(c1)c1c(n2CC=C)CCN(C)C1. The second-order valence-electron chi connectivity index (χ2n) is 5.93. The van der Waals surface area contributed by atoms with Crippen LogP contribution in [0.1, 0.15) is 21.6 Å². The van der Waals surface area contributed by atoms with Crippen LogP contribution in [0.15, 0.2) is 43.5 Å². The first-order valence-corrected chi connectivity index (χ1v) is 7.87. The van der Waals surface area contributed by atoms with Crippen LogP contribution in [-0.2, 0) is 24.2 Å². The predicted octanol–water partition coefficient (Wildman–Crippen LogP) is 3.16. The molecule has 0 bridgehead atoms. The van der Waals surface area contributed by atoms with Gasteiger partial charge in [0.25, 0.3) is 0 Å². The standard InChI is InChI=1S/C19H22N2O2/c1-4-9-21-17-7-6-14(19(22)23-11-5-2)12-15(17)16-13-20(3)10-8-18(16)21/h4-7,12H,1-2,8-11,13H2,3H3. The van der Waals surface area contributed by atoms with Gasteiger partial charge in [0.15, 0.2) is 0 Å². The van der Waals surface area contributed by atoms with Gasteiger partial charge in [0.1, 0.15) is 6.61 Å². The molecule has 2 heterocycles. The first-order chi connectivity index (χ1) is 11.2. The summed E-state index contributed by atoms with van der Waals surface area (Å²) in [5, 5.41) is 1.14. The average molecular weight is 310 g/mol. The highest BCUT2D eigenvalue weighted by molar-refractivity contribution is 5.96. The molecule has 0 aliphatic carbocycles. The first kappa shape index (κ1) is 15.6. The number of hydrogen-bond acceptors (Lipinski definition) is 3. The summed E-state index contributed by atoms with van der Waals surface area (Å²) in [5.74, 6) is -0.304. The molecular formula is C19H22N2O2. The topological polar surface area (TPSA) is 34.5 Å². The number of hydrogen-bond donors (Lipinski definition) is 0. The van der Waals surface area contributed by atoms with Crippen molar-refractivity contribution in [3.8, 4) is 0 Å². The Morgan fingerprint density at radius 1 is 1.35 bits per heavy atom. The number of ether oxygens (including phenoxy) is 1. The van der Waals surface area contributed by atoms with Gasteiger partial charge in [0.05, 0.1) is 5.56 Å². The maximum absolute atomic E-state index is 12.1. The van der Waals surface area contributed by atoms with Crippen LogP contribution >= 0.6 is 0 Å². The Morgan fingerprint density at radius 3 is 2.91 bits per heavy atom. The van der Waals surface area contributed by atoms with Gasteiger partial charge in [-0.05, 0) is 30.8 Å². The van der Waals surface area contributed by atoms with Crippen LogP contribution in [0.5, 0.6) is 0 Å². The van der Waals surface area contributed by atoms with E-state index < -0.39 is 0 Å². The zero-order valence-corrected chi connectivity index (χ0v) is 13.5. The molecule has 1 aliphatic heterocycles. The molecule has 23 heavy (non-hydrogen) atoms. The van der Waals surface area contributed by atoms with Gasteiger partial charge < -0.3 is 14.2 Å². The number of carbonyl (C=O) groups excluding carboxylic acids is 1. The second kappa shape index (κ2) is 6.42. The summed E-state index contributed by atoms with van der Waals surface area (Å²) in [4.78, 5) is 14.4. The zero-order chi connectivity index (χ0) is 16.4. The van der Waals surface area contributed by atoms with Crippen molar-refractivity contribution in [3.63, 3.8) is 0 Å². The molecule has 0 saturated carbocycles. The summed E-state index contributed by atoms with van der Waals surface area (Å²) in [6.07, 6.45) is 4.52. The Hall–Kier alpha value is -2.33. The smallest absolute Gasteiger partial charge is 0.338 e. The zero-order valence-electron chi connectivity index (χ0n) is 13.5. The van der Waals surface area contributed by atoms with Crippen LogP contribution in [0.2, 0.25) is 0 Å². The fourth-order valence-electron chi connectivity index (χ4n) is 3.27. The van der Waals surface area contributed by atoms with Crippen molar-refractivity contribution in [3.05, 3.63) is 60.3 Å². The number of benzene rings is 1. The second-order valence-corrected chi connectivity index (χ2v) is 5.93. The summed E-state index contributed by atoms with van der Waals surface area (Å²) in [7, 11) is 2.13. The first-order valence-electron chi connectivity index (χ1n) is 7.87. The minimum Gasteiger partial charge on any atom is -0.458 e. The predicted molar refractivity (Wildman–Crippen MR) is 92.7 cm³/mol. The largest absolute Gasteiger partial charge is 0.458 e. The van der Waals surface area contributed by atoms with Crippen molar-refractivity contribution in [2.24, 2.45) is 0 Å². The number of carbonyl (C=O) groups is 1. The van der Waals surface area contributed by atoms with Crippen molar-refractivity contribution < 1.29 is 9.53 Å². The van der Waals surface area contributed by atoms with E-state index in [0.29, 0.717) is 5.56 Å². The van der Waals surface area contributed by atoms with E-state index in [-0.39, 0.29) is 12.6 Å². The van der Waals surface area contributed by atoms with E-state index in [0.717, 1.165) is 37.0 Å². The molecule has 1 aromatic carbocycles. The van der Waals surface area contributed by atoms with Crippen LogP contribution in [0.3, 0.4) is 0 Å². The number of fused-ring (bicyclic) bond motifs is 3. The number of likely N-dealkylation sites (N-methyl/N-ethyl adjacent to an activating group) is 1. The Labute approximate surface area is 136 Å². The summed E-state index contributed by atoms with van der Waals surface area (Å²) in [5.41, 5.74) is 4.42. The molecule has 2 aromatic rings. The van der Waals surface area contributed by atoms with Gasteiger partial charge in [-0.15, -0.1) is 6.58 Å². The summed E-state index contributed by atoms with van der Waals surface area (Å²) >= 11 is 0. The lowest BCUT2D eigenvalue weighted by Crippen LogP contribution is -2.27. The molecule has 0 N–H and O–H groups in total. The Balaban J connectivity index is 2.10. The lowest BCUT2D eigenvalue weighted by atomic mass is 10.0. The maximum Gasteiger partial charge on any atom is 0.338 e. The van der Waals surface area contributed by atoms with E-state index >= 15 is 0 Å². The van der Waals surface area contributed by atoms with Crippen LogP contribution in [0.4, 0.5) is 0 Å². The van der Waals surface area contributed by atoms with Gasteiger partial charge >= 0.3 is 5.97 Å². The maximum atomic E-state index is 12.1. The molecule has 3 rings (SSSR count). The molecule has 0 saturated heterocycles. The third-order valence-corrected chi connectivity index (χ3v) is 4.32. The summed E-state index contributed by atoms with van der Waals surface area (Å²) in [6.45, 7) is 10.4. The number of nitrogens with zero attached hydrogens (tertiary/aromatic N) is 2. The average Bonchev–Trinajstić information content (AvgIpc) is 2.86. The van der Waals surface area contributed by atoms with Crippen molar-refractivity contribution in [2.75, 3.05) is 20.2 Å². The van der Waals surface area contributed by atoms with Crippen molar-refractivity contribution in [1.29, 1.82) is 0 Å². The summed E-state index contributed by atoms with van der Waals surface area (Å²) in [6, 6.07) is 5.81. The van der Waals surface area contributed by atoms with E-state index in [2.05, 4.69) is 29.7 Å². The highest BCUT2D eigenvalue weighted by Gasteiger charge is 2.22. The highest BCUT2D eigenvalue weighted by Crippen LogP contribution is 2.31. The van der Waals surface area contributed by atoms with Gasteiger partial charge in [-0.2, -0.15) is 0 Å². The number of rotatable bonds is 5. The van der Waals surface area contributed by atoms with E-state index in [1.54, 1.807) is 6.08 Å². The van der Waals surface area contributed by atoms with Crippen LogP contribution in [-0.4, -0.2) is 35.6 Å². The molecule has 0 fully saturated rings. The minimum atomic E-state index is -0.304. The molecule has 1 aliphatic rings. The number of allylic oxidation sites excluding steroid dienone is 1. The molecule has 0 spiro atoms. The Bertz CT molecular complexity index is 773. The molecule has 4 heteroatoms. The third kappa shape index (κ3) is 2.82. The van der Waals surface area contributed by atoms with Gasteiger partial charge in [0.2, 0.25) is 0 Å². The molecule has 1 aromatic heterocycles. The van der Waals surface area contributed by atoms with Crippen LogP contribution in [0, 0.1) is 0 Å². The summed E-state index contributed by atoms with van der Waals surface area (Å²) < 4.78 is 7.46. The van der Waals surface area contributed by atoms with E-state index in [1.165, 1.54) is 11.3 Å². The van der Waals surface area contributed by atoms with E-state index in [4.69, 9.17) is 4.74 Å². The van der Waals surface area contributed by atoms with Gasteiger partial charge in [-0.3, -0.25) is 0 Å². The fourth-order valence-corrected chi connectivity index (χ4v) is 3.27. The monoisotopic (exact) mass is 310 g/mol. The number of esters is 1. The molecule has 4 nitrogen and oxygen atoms in total. The molecule has 0 atom stereocenters. The molecule has 0 unspecified atom stereocenters. The van der Waals surface area contributed by atoms with Gasteiger partial charge in [-0.25, -0.2) is 4.79 Å². The molecule has 0 radical (unpaired) electrons. The Morgan fingerprint density at radius 2 is 2.17 bits per heavy atom. The lowest BCUT2D eigenvalue weighted by Gasteiger charge is -2.24. The van der Waals surface area contributed by atoms with E-state index in [1.807, 2.05) is 24.3 Å². The van der Waals surface area contributed by atoms with E-state index in [9.17, 15) is 4.79 Å². The fraction of sp³-hybridized carbons (Fsp3) is 0.316. The van der Waals surface area contributed by atoms with Gasteiger partial charge in [0, 0.05) is 42.7 Å². The normalized spacial score (nSPS) is 14.5. The third-order valence-electron chi connectivity index (χ3n) is 4.32.